The van der Waals surface area contributed by atoms with Gasteiger partial charge in [-0.05, 0) is 42.0 Å². The molecule has 0 bridgehead atoms. The van der Waals surface area contributed by atoms with Crippen molar-refractivity contribution in [3.8, 4) is 22.9 Å². The Morgan fingerprint density at radius 2 is 1.68 bits per heavy atom. The molecule has 5 rings (SSSR count). The van der Waals surface area contributed by atoms with Crippen molar-refractivity contribution < 1.29 is 4.74 Å². The molecular formula is C25H22N4O2. The molecule has 1 aliphatic heterocycles. The van der Waals surface area contributed by atoms with Gasteiger partial charge in [0.15, 0.2) is 0 Å². The predicted molar refractivity (Wildman–Crippen MR) is 119 cm³/mol. The number of hydrogen-bond donors (Lipinski definition) is 1. The van der Waals surface area contributed by atoms with E-state index >= 15 is 0 Å². The average molecular weight is 410 g/mol. The number of aromatic amines is 1. The zero-order valence-electron chi connectivity index (χ0n) is 17.0. The molecule has 0 atom stereocenters. The molecule has 0 spiro atoms. The molecule has 0 radical (unpaired) electrons. The lowest BCUT2D eigenvalue weighted by Gasteiger charge is -2.27. The first kappa shape index (κ1) is 19.2. The highest BCUT2D eigenvalue weighted by atomic mass is 16.5. The van der Waals surface area contributed by atoms with Crippen molar-refractivity contribution in [2.75, 3.05) is 6.54 Å². The van der Waals surface area contributed by atoms with E-state index in [-0.39, 0.29) is 5.56 Å². The van der Waals surface area contributed by atoms with Crippen molar-refractivity contribution in [2.24, 2.45) is 0 Å². The normalized spacial score (nSPS) is 13.5. The Labute approximate surface area is 180 Å². The number of nitrogens with one attached hydrogen (secondary N) is 1. The SMILES string of the molecule is O=c1[nH]c(-c2ccncc2)nc2c1CN(Cc1ccc(Oc3ccccc3)cc1)CC2. The summed E-state index contributed by atoms with van der Waals surface area (Å²) in [5, 5.41) is 0. The molecule has 2 aromatic heterocycles. The molecule has 31 heavy (non-hydrogen) atoms. The second-order valence-corrected chi connectivity index (χ2v) is 7.60. The van der Waals surface area contributed by atoms with E-state index in [1.54, 1.807) is 12.4 Å². The molecule has 0 unspecified atom stereocenters. The largest absolute Gasteiger partial charge is 0.457 e. The second-order valence-electron chi connectivity index (χ2n) is 7.60. The molecule has 2 aromatic carbocycles. The predicted octanol–water partition coefficient (Wildman–Crippen LogP) is 4.18. The van der Waals surface area contributed by atoms with Gasteiger partial charge < -0.3 is 9.72 Å². The number of rotatable bonds is 5. The molecule has 154 valence electrons. The van der Waals surface area contributed by atoms with Crippen LogP contribution in [0.15, 0.2) is 83.9 Å². The number of pyridine rings is 1. The van der Waals surface area contributed by atoms with Gasteiger partial charge in [-0.25, -0.2) is 4.98 Å². The topological polar surface area (TPSA) is 71.1 Å². The molecule has 0 fully saturated rings. The summed E-state index contributed by atoms with van der Waals surface area (Å²) >= 11 is 0. The van der Waals surface area contributed by atoms with E-state index in [0.29, 0.717) is 12.4 Å². The first-order valence-corrected chi connectivity index (χ1v) is 10.3. The van der Waals surface area contributed by atoms with Crippen molar-refractivity contribution in [3.63, 3.8) is 0 Å². The number of para-hydroxylation sites is 1. The highest BCUT2D eigenvalue weighted by Gasteiger charge is 2.21. The van der Waals surface area contributed by atoms with Gasteiger partial charge >= 0.3 is 0 Å². The van der Waals surface area contributed by atoms with Crippen LogP contribution < -0.4 is 10.3 Å². The van der Waals surface area contributed by atoms with E-state index < -0.39 is 0 Å². The Kier molecular flexibility index (Phi) is 5.29. The minimum atomic E-state index is -0.0619. The maximum absolute atomic E-state index is 12.7. The number of benzene rings is 2. The minimum Gasteiger partial charge on any atom is -0.457 e. The molecular weight excluding hydrogens is 388 g/mol. The number of hydrogen-bond acceptors (Lipinski definition) is 5. The first-order chi connectivity index (χ1) is 15.2. The average Bonchev–Trinajstić information content (AvgIpc) is 2.82. The third-order valence-electron chi connectivity index (χ3n) is 5.41. The highest BCUT2D eigenvalue weighted by Crippen LogP contribution is 2.23. The van der Waals surface area contributed by atoms with E-state index in [1.165, 1.54) is 5.56 Å². The summed E-state index contributed by atoms with van der Waals surface area (Å²) < 4.78 is 5.86. The Morgan fingerprint density at radius 3 is 2.45 bits per heavy atom. The van der Waals surface area contributed by atoms with Gasteiger partial charge in [-0.15, -0.1) is 0 Å². The van der Waals surface area contributed by atoms with Crippen molar-refractivity contribution in [1.29, 1.82) is 0 Å². The van der Waals surface area contributed by atoms with E-state index in [1.807, 2.05) is 54.6 Å². The van der Waals surface area contributed by atoms with Gasteiger partial charge in [-0.2, -0.15) is 0 Å². The molecule has 6 nitrogen and oxygen atoms in total. The van der Waals surface area contributed by atoms with Crippen LogP contribution in [0.3, 0.4) is 0 Å². The number of fused-ring (bicyclic) bond motifs is 1. The van der Waals surface area contributed by atoms with Crippen LogP contribution in [0.25, 0.3) is 11.4 Å². The standard InChI is InChI=1S/C25H22N4O2/c30-25-22-17-29(15-12-23(22)27-24(28-25)19-10-13-26-14-11-19)16-18-6-8-21(9-7-18)31-20-4-2-1-3-5-20/h1-11,13-14H,12,15-17H2,(H,27,28,30). The maximum Gasteiger partial charge on any atom is 0.255 e. The van der Waals surface area contributed by atoms with Crippen LogP contribution in [0.4, 0.5) is 0 Å². The zero-order chi connectivity index (χ0) is 21.0. The van der Waals surface area contributed by atoms with E-state index in [9.17, 15) is 4.79 Å². The minimum absolute atomic E-state index is 0.0619. The number of H-pyrrole nitrogens is 1. The smallest absolute Gasteiger partial charge is 0.255 e. The summed E-state index contributed by atoms with van der Waals surface area (Å²) in [7, 11) is 0. The first-order valence-electron chi connectivity index (χ1n) is 10.3. The third kappa shape index (κ3) is 4.39. The Morgan fingerprint density at radius 1 is 0.935 bits per heavy atom. The Bertz CT molecular complexity index is 1220. The molecule has 0 saturated heterocycles. The van der Waals surface area contributed by atoms with Crippen LogP contribution in [0.2, 0.25) is 0 Å². The van der Waals surface area contributed by atoms with Gasteiger partial charge in [-0.1, -0.05) is 30.3 Å². The van der Waals surface area contributed by atoms with Gasteiger partial charge in [0, 0.05) is 44.0 Å². The highest BCUT2D eigenvalue weighted by molar-refractivity contribution is 5.54. The molecule has 1 aliphatic rings. The van der Waals surface area contributed by atoms with Crippen LogP contribution in [-0.4, -0.2) is 26.4 Å². The van der Waals surface area contributed by atoms with Gasteiger partial charge in [0.1, 0.15) is 17.3 Å². The summed E-state index contributed by atoms with van der Waals surface area (Å²) in [6, 6.07) is 21.6. The Hall–Kier alpha value is -3.77. The molecule has 3 heterocycles. The molecule has 0 amide bonds. The van der Waals surface area contributed by atoms with Gasteiger partial charge in [0.2, 0.25) is 0 Å². The number of nitrogens with zero attached hydrogens (tertiary/aromatic N) is 3. The van der Waals surface area contributed by atoms with Crippen LogP contribution >= 0.6 is 0 Å². The van der Waals surface area contributed by atoms with Crippen molar-refractivity contribution in [1.82, 2.24) is 19.9 Å². The van der Waals surface area contributed by atoms with Crippen molar-refractivity contribution in [3.05, 3.63) is 106 Å². The van der Waals surface area contributed by atoms with E-state index in [0.717, 1.165) is 47.8 Å². The summed E-state index contributed by atoms with van der Waals surface area (Å²) in [5.74, 6) is 2.23. The van der Waals surface area contributed by atoms with Crippen molar-refractivity contribution >= 4 is 0 Å². The van der Waals surface area contributed by atoms with Crippen LogP contribution in [-0.2, 0) is 19.5 Å². The second kappa shape index (κ2) is 8.53. The van der Waals surface area contributed by atoms with E-state index in [4.69, 9.17) is 9.72 Å². The summed E-state index contributed by atoms with van der Waals surface area (Å²) in [6.45, 7) is 2.23. The van der Waals surface area contributed by atoms with E-state index in [2.05, 4.69) is 27.0 Å². The number of aromatic nitrogens is 3. The number of ether oxygens (including phenoxy) is 1. The van der Waals surface area contributed by atoms with Gasteiger partial charge in [0.25, 0.3) is 5.56 Å². The monoisotopic (exact) mass is 410 g/mol. The lowest BCUT2D eigenvalue weighted by Crippen LogP contribution is -2.35. The fourth-order valence-electron chi connectivity index (χ4n) is 3.81. The molecule has 1 N–H and O–H groups in total. The summed E-state index contributed by atoms with van der Waals surface area (Å²) in [6.07, 6.45) is 4.16. The summed E-state index contributed by atoms with van der Waals surface area (Å²) in [5.41, 5.74) is 3.64. The van der Waals surface area contributed by atoms with Gasteiger partial charge in [0.05, 0.1) is 11.3 Å². The fourth-order valence-corrected chi connectivity index (χ4v) is 3.81. The quantitative estimate of drug-likeness (QED) is 0.534. The lowest BCUT2D eigenvalue weighted by atomic mass is 10.1. The van der Waals surface area contributed by atoms with Crippen LogP contribution in [0.5, 0.6) is 11.5 Å². The zero-order valence-corrected chi connectivity index (χ0v) is 17.0. The molecule has 6 heteroatoms. The Balaban J connectivity index is 1.27. The lowest BCUT2D eigenvalue weighted by molar-refractivity contribution is 0.242. The fraction of sp³-hybridized carbons (Fsp3) is 0.160. The maximum atomic E-state index is 12.7. The molecule has 4 aromatic rings. The van der Waals surface area contributed by atoms with Crippen molar-refractivity contribution in [2.45, 2.75) is 19.5 Å². The molecule has 0 aliphatic carbocycles. The summed E-state index contributed by atoms with van der Waals surface area (Å²) in [4.78, 5) is 26.7. The van der Waals surface area contributed by atoms with Gasteiger partial charge in [-0.3, -0.25) is 14.7 Å². The van der Waals surface area contributed by atoms with Crippen LogP contribution in [0, 0.1) is 0 Å². The molecule has 0 saturated carbocycles. The third-order valence-corrected chi connectivity index (χ3v) is 5.41. The van der Waals surface area contributed by atoms with Crippen LogP contribution in [0.1, 0.15) is 16.8 Å².